The van der Waals surface area contributed by atoms with Gasteiger partial charge >= 0.3 is 0 Å². The average Bonchev–Trinajstić information content (AvgIpc) is 3.03. The number of anilines is 2. The van der Waals surface area contributed by atoms with Gasteiger partial charge in [0.25, 0.3) is 0 Å². The van der Waals surface area contributed by atoms with Crippen LogP contribution < -0.4 is 14.5 Å². The van der Waals surface area contributed by atoms with Crippen LogP contribution in [0.3, 0.4) is 0 Å². The van der Waals surface area contributed by atoms with Crippen molar-refractivity contribution in [2.24, 2.45) is 0 Å². The molecule has 2 aliphatic heterocycles. The molecule has 0 aliphatic carbocycles. The highest BCUT2D eigenvalue weighted by Gasteiger charge is 2.35. The van der Waals surface area contributed by atoms with Crippen LogP contribution in [0.15, 0.2) is 24.3 Å². The van der Waals surface area contributed by atoms with E-state index in [0.29, 0.717) is 0 Å². The summed E-state index contributed by atoms with van der Waals surface area (Å²) in [5, 5.41) is 0. The minimum atomic E-state index is -0.0969. The Morgan fingerprint density at radius 1 is 0.867 bits per heavy atom. The molecular weight excluding hydrogens is 370 g/mol. The van der Waals surface area contributed by atoms with E-state index >= 15 is 0 Å². The Kier molecular flexibility index (Phi) is 5.48. The summed E-state index contributed by atoms with van der Waals surface area (Å²) >= 11 is 0. The molecule has 0 atom stereocenters. The molecule has 2 heterocycles. The van der Waals surface area contributed by atoms with E-state index in [2.05, 4.69) is 87.7 Å². The van der Waals surface area contributed by atoms with Crippen molar-refractivity contribution in [2.45, 2.75) is 53.2 Å². The van der Waals surface area contributed by atoms with Gasteiger partial charge in [0.2, 0.25) is 0 Å². The molecule has 30 heavy (non-hydrogen) atoms. The van der Waals surface area contributed by atoms with Crippen molar-refractivity contribution >= 4 is 11.4 Å². The van der Waals surface area contributed by atoms with Crippen molar-refractivity contribution in [3.8, 4) is 5.75 Å². The van der Waals surface area contributed by atoms with Gasteiger partial charge in [-0.2, -0.15) is 0 Å². The first-order valence-corrected chi connectivity index (χ1v) is 11.2. The maximum absolute atomic E-state index is 6.31. The lowest BCUT2D eigenvalue weighted by Gasteiger charge is -2.39. The zero-order valence-corrected chi connectivity index (χ0v) is 19.8. The maximum Gasteiger partial charge on any atom is 0.127 e. The molecule has 0 spiro atoms. The van der Waals surface area contributed by atoms with E-state index in [0.717, 1.165) is 44.9 Å². The Labute approximate surface area is 182 Å². The number of hydrogen-bond donors (Lipinski definition) is 0. The van der Waals surface area contributed by atoms with Crippen LogP contribution in [0.1, 0.15) is 41.7 Å². The monoisotopic (exact) mass is 407 g/mol. The van der Waals surface area contributed by atoms with Crippen molar-refractivity contribution in [1.82, 2.24) is 4.90 Å². The summed E-state index contributed by atoms with van der Waals surface area (Å²) in [5.41, 5.74) is 9.57. The second-order valence-corrected chi connectivity index (χ2v) is 9.95. The fourth-order valence-corrected chi connectivity index (χ4v) is 5.10. The topological polar surface area (TPSA) is 19.0 Å². The zero-order valence-electron chi connectivity index (χ0n) is 19.8. The predicted molar refractivity (Wildman–Crippen MR) is 127 cm³/mol. The summed E-state index contributed by atoms with van der Waals surface area (Å²) in [6.45, 7) is 16.4. The Bertz CT molecular complexity index is 923. The third-order valence-corrected chi connectivity index (χ3v) is 6.72. The molecule has 2 aliphatic rings. The largest absolute Gasteiger partial charge is 0.487 e. The Morgan fingerprint density at radius 3 is 2.07 bits per heavy atom. The van der Waals surface area contributed by atoms with Gasteiger partial charge in [0.1, 0.15) is 11.4 Å². The van der Waals surface area contributed by atoms with Crippen molar-refractivity contribution in [2.75, 3.05) is 50.1 Å². The van der Waals surface area contributed by atoms with Crippen molar-refractivity contribution in [3.63, 3.8) is 0 Å². The van der Waals surface area contributed by atoms with Crippen LogP contribution in [-0.2, 0) is 13.0 Å². The van der Waals surface area contributed by atoms with Crippen molar-refractivity contribution < 1.29 is 4.74 Å². The van der Waals surface area contributed by atoms with Gasteiger partial charge in [0.05, 0.1) is 0 Å². The molecule has 1 saturated heterocycles. The zero-order chi connectivity index (χ0) is 21.6. The summed E-state index contributed by atoms with van der Waals surface area (Å²) in [6.07, 6.45) is 1.00. The molecule has 0 bridgehead atoms. The molecule has 0 N–H and O–H groups in total. The summed E-state index contributed by atoms with van der Waals surface area (Å²) in [6, 6.07) is 9.09. The lowest BCUT2D eigenvalue weighted by Crippen LogP contribution is -2.47. The van der Waals surface area contributed by atoms with Crippen molar-refractivity contribution in [1.29, 1.82) is 0 Å². The normalized spacial score (nSPS) is 18.0. The number of rotatable bonds is 4. The van der Waals surface area contributed by atoms with Gasteiger partial charge in [0, 0.05) is 56.1 Å². The molecule has 1 fully saturated rings. The van der Waals surface area contributed by atoms with E-state index in [1.807, 2.05) is 0 Å². The van der Waals surface area contributed by atoms with Gasteiger partial charge in [-0.3, -0.25) is 0 Å². The van der Waals surface area contributed by atoms with Crippen LogP contribution in [0.25, 0.3) is 0 Å². The van der Waals surface area contributed by atoms with Gasteiger partial charge in [0.15, 0.2) is 0 Å². The molecule has 4 heteroatoms. The highest BCUT2D eigenvalue weighted by atomic mass is 16.5. The lowest BCUT2D eigenvalue weighted by atomic mass is 9.91. The number of benzene rings is 2. The molecule has 0 unspecified atom stereocenters. The van der Waals surface area contributed by atoms with Crippen LogP contribution in [0.2, 0.25) is 0 Å². The average molecular weight is 408 g/mol. The van der Waals surface area contributed by atoms with Crippen molar-refractivity contribution in [3.05, 3.63) is 52.1 Å². The quantitative estimate of drug-likeness (QED) is 0.730. The molecule has 0 radical (unpaired) electrons. The summed E-state index contributed by atoms with van der Waals surface area (Å²) in [4.78, 5) is 7.33. The molecule has 0 aromatic heterocycles. The number of nitrogens with zero attached hydrogens (tertiary/aromatic N) is 3. The molecular formula is C26H37N3O. The molecule has 4 nitrogen and oxygen atoms in total. The summed E-state index contributed by atoms with van der Waals surface area (Å²) in [7, 11) is 4.23. The van der Waals surface area contributed by atoms with Crippen LogP contribution in [0, 0.1) is 20.8 Å². The third kappa shape index (κ3) is 3.90. The summed E-state index contributed by atoms with van der Waals surface area (Å²) < 4.78 is 6.31. The van der Waals surface area contributed by atoms with Crippen LogP contribution in [0.4, 0.5) is 11.4 Å². The summed E-state index contributed by atoms with van der Waals surface area (Å²) in [5.74, 6) is 1.13. The molecule has 2 aromatic carbocycles. The highest BCUT2D eigenvalue weighted by Crippen LogP contribution is 2.45. The molecule has 4 rings (SSSR count). The fraction of sp³-hybridized carbons (Fsp3) is 0.538. The number of hydrogen-bond acceptors (Lipinski definition) is 4. The van der Waals surface area contributed by atoms with Crippen LogP contribution in [0.5, 0.6) is 5.75 Å². The second-order valence-electron chi connectivity index (χ2n) is 9.95. The van der Waals surface area contributed by atoms with E-state index in [4.69, 9.17) is 4.74 Å². The SMILES string of the molecule is Cc1c(C)c(N2CCN(c3ccc(CN(C)C)cc3)CC2)c(C)c2c1OC(C)(C)C2. The smallest absolute Gasteiger partial charge is 0.127 e. The van der Waals surface area contributed by atoms with E-state index in [9.17, 15) is 0 Å². The first kappa shape index (κ1) is 21.0. The Balaban J connectivity index is 1.51. The molecule has 0 amide bonds. The predicted octanol–water partition coefficient (Wildman–Crippen LogP) is 4.71. The number of piperazine rings is 1. The first-order chi connectivity index (χ1) is 14.2. The minimum Gasteiger partial charge on any atom is -0.487 e. The van der Waals surface area contributed by atoms with E-state index < -0.39 is 0 Å². The standard InChI is InChI=1S/C26H37N3O/c1-18-19(2)25-23(16-26(4,5)30-25)20(3)24(18)29-14-12-28(13-15-29)22-10-8-21(9-11-22)17-27(6)7/h8-11H,12-17H2,1-7H3. The molecule has 162 valence electrons. The fourth-order valence-electron chi connectivity index (χ4n) is 5.10. The number of fused-ring (bicyclic) bond motifs is 1. The first-order valence-electron chi connectivity index (χ1n) is 11.2. The lowest BCUT2D eigenvalue weighted by molar-refractivity contribution is 0.137. The number of ether oxygens (including phenoxy) is 1. The Morgan fingerprint density at radius 2 is 1.47 bits per heavy atom. The van der Waals surface area contributed by atoms with Gasteiger partial charge in [-0.1, -0.05) is 12.1 Å². The van der Waals surface area contributed by atoms with Gasteiger partial charge in [-0.05, 0) is 83.1 Å². The van der Waals surface area contributed by atoms with Gasteiger partial charge in [-0.15, -0.1) is 0 Å². The van der Waals surface area contributed by atoms with Gasteiger partial charge in [-0.25, -0.2) is 0 Å². The second kappa shape index (κ2) is 7.81. The van der Waals surface area contributed by atoms with Gasteiger partial charge < -0.3 is 19.4 Å². The molecule has 0 saturated carbocycles. The van der Waals surface area contributed by atoms with E-state index in [-0.39, 0.29) is 5.60 Å². The maximum atomic E-state index is 6.31. The minimum absolute atomic E-state index is 0.0969. The van der Waals surface area contributed by atoms with Crippen LogP contribution >= 0.6 is 0 Å². The Hall–Kier alpha value is -2.20. The van der Waals surface area contributed by atoms with E-state index in [1.54, 1.807) is 0 Å². The third-order valence-electron chi connectivity index (χ3n) is 6.72. The van der Waals surface area contributed by atoms with Crippen LogP contribution in [-0.4, -0.2) is 50.8 Å². The highest BCUT2D eigenvalue weighted by molar-refractivity contribution is 5.70. The molecule has 2 aromatic rings. The van der Waals surface area contributed by atoms with E-state index in [1.165, 1.54) is 39.2 Å².